The molecule has 2 heteroatoms. The minimum absolute atomic E-state index is 0.907. The summed E-state index contributed by atoms with van der Waals surface area (Å²) in [5, 5.41) is 0. The monoisotopic (exact) mass is 238 g/mol. The van der Waals surface area contributed by atoms with E-state index < -0.39 is 0 Å². The first-order valence-electron chi connectivity index (χ1n) is 4.33. The maximum atomic E-state index is 5.09. The van der Waals surface area contributed by atoms with Crippen molar-refractivity contribution in [2.75, 3.05) is 7.11 Å². The standard InChI is InChI=1S/C11H11BrO/c1-13-10-6-4-9(5-7-10)11(12)8-2-3-8/h4-7H,2-3H2,1H3. The highest BCUT2D eigenvalue weighted by atomic mass is 79.9. The van der Waals surface area contributed by atoms with Crippen molar-refractivity contribution in [3.8, 4) is 5.75 Å². The topological polar surface area (TPSA) is 9.23 Å². The van der Waals surface area contributed by atoms with Crippen molar-refractivity contribution >= 4 is 20.4 Å². The van der Waals surface area contributed by atoms with E-state index >= 15 is 0 Å². The predicted molar refractivity (Wildman–Crippen MR) is 58.1 cm³/mol. The van der Waals surface area contributed by atoms with Crippen LogP contribution in [0.25, 0.3) is 4.48 Å². The van der Waals surface area contributed by atoms with E-state index in [1.807, 2.05) is 12.1 Å². The van der Waals surface area contributed by atoms with Gasteiger partial charge < -0.3 is 4.74 Å². The molecule has 0 N–H and O–H groups in total. The number of rotatable bonds is 2. The van der Waals surface area contributed by atoms with Gasteiger partial charge in [0.15, 0.2) is 0 Å². The van der Waals surface area contributed by atoms with Gasteiger partial charge in [0.05, 0.1) is 7.11 Å². The Morgan fingerprint density at radius 3 is 2.31 bits per heavy atom. The average Bonchev–Trinajstić information content (AvgIpc) is 3.00. The zero-order valence-electron chi connectivity index (χ0n) is 7.51. The molecule has 0 bridgehead atoms. The molecule has 1 saturated carbocycles. The van der Waals surface area contributed by atoms with Gasteiger partial charge in [-0.3, -0.25) is 0 Å². The van der Waals surface area contributed by atoms with Gasteiger partial charge in [-0.05, 0) is 30.5 Å². The lowest BCUT2D eigenvalue weighted by Gasteiger charge is -2.01. The normalized spacial score (nSPS) is 14.2. The number of methoxy groups -OCH3 is 1. The summed E-state index contributed by atoms with van der Waals surface area (Å²) in [6.07, 6.45) is 2.49. The molecule has 68 valence electrons. The fourth-order valence-electron chi connectivity index (χ4n) is 1.22. The summed E-state index contributed by atoms with van der Waals surface area (Å²) >= 11 is 3.60. The lowest BCUT2D eigenvalue weighted by Crippen LogP contribution is -1.82. The van der Waals surface area contributed by atoms with Crippen LogP contribution >= 0.6 is 15.9 Å². The van der Waals surface area contributed by atoms with Gasteiger partial charge in [0.1, 0.15) is 5.75 Å². The zero-order chi connectivity index (χ0) is 9.26. The number of halogens is 1. The van der Waals surface area contributed by atoms with E-state index in [1.165, 1.54) is 28.5 Å². The molecule has 0 atom stereocenters. The lowest BCUT2D eigenvalue weighted by atomic mass is 10.2. The Morgan fingerprint density at radius 1 is 1.23 bits per heavy atom. The summed E-state index contributed by atoms with van der Waals surface area (Å²) in [5.41, 5.74) is 2.76. The van der Waals surface area contributed by atoms with E-state index in [0.29, 0.717) is 0 Å². The van der Waals surface area contributed by atoms with E-state index in [9.17, 15) is 0 Å². The minimum atomic E-state index is 0.907. The third kappa shape index (κ3) is 1.94. The van der Waals surface area contributed by atoms with Crippen LogP contribution in [0.2, 0.25) is 0 Å². The predicted octanol–water partition coefficient (Wildman–Crippen LogP) is 3.60. The molecule has 0 amide bonds. The average molecular weight is 239 g/mol. The molecule has 1 fully saturated rings. The van der Waals surface area contributed by atoms with Crippen molar-refractivity contribution in [2.45, 2.75) is 12.8 Å². The maximum Gasteiger partial charge on any atom is 0.118 e. The molecular formula is C11H11BrO. The van der Waals surface area contributed by atoms with E-state index in [2.05, 4.69) is 28.1 Å². The summed E-state index contributed by atoms with van der Waals surface area (Å²) in [4.78, 5) is 0. The molecule has 1 aromatic rings. The first kappa shape index (κ1) is 8.82. The molecule has 0 heterocycles. The summed E-state index contributed by atoms with van der Waals surface area (Å²) in [6, 6.07) is 8.13. The molecule has 0 aromatic heterocycles. The molecular weight excluding hydrogens is 228 g/mol. The maximum absolute atomic E-state index is 5.09. The summed E-state index contributed by atoms with van der Waals surface area (Å²) < 4.78 is 6.35. The molecule has 0 spiro atoms. The summed E-state index contributed by atoms with van der Waals surface area (Å²) in [6.45, 7) is 0. The van der Waals surface area contributed by atoms with Crippen LogP contribution in [0, 0.1) is 0 Å². The number of benzene rings is 1. The number of hydrogen-bond donors (Lipinski definition) is 0. The van der Waals surface area contributed by atoms with Crippen LogP contribution in [-0.2, 0) is 0 Å². The van der Waals surface area contributed by atoms with Crippen molar-refractivity contribution in [3.63, 3.8) is 0 Å². The molecule has 2 rings (SSSR count). The van der Waals surface area contributed by atoms with Crippen LogP contribution in [0.5, 0.6) is 5.75 Å². The molecule has 13 heavy (non-hydrogen) atoms. The van der Waals surface area contributed by atoms with Gasteiger partial charge in [0, 0.05) is 4.48 Å². The largest absolute Gasteiger partial charge is 0.497 e. The second kappa shape index (κ2) is 3.54. The third-order valence-corrected chi connectivity index (χ3v) is 3.17. The number of hydrogen-bond acceptors (Lipinski definition) is 1. The fourth-order valence-corrected chi connectivity index (χ4v) is 1.88. The Kier molecular flexibility index (Phi) is 2.40. The van der Waals surface area contributed by atoms with Crippen LogP contribution < -0.4 is 4.74 Å². The van der Waals surface area contributed by atoms with E-state index in [-0.39, 0.29) is 0 Å². The van der Waals surface area contributed by atoms with E-state index in [1.54, 1.807) is 7.11 Å². The second-order valence-electron chi connectivity index (χ2n) is 3.15. The van der Waals surface area contributed by atoms with Crippen molar-refractivity contribution < 1.29 is 4.74 Å². The zero-order valence-corrected chi connectivity index (χ0v) is 9.10. The van der Waals surface area contributed by atoms with Crippen molar-refractivity contribution in [3.05, 3.63) is 35.4 Å². The first-order valence-corrected chi connectivity index (χ1v) is 5.12. The Labute approximate surface area is 86.5 Å². The van der Waals surface area contributed by atoms with Gasteiger partial charge >= 0.3 is 0 Å². The number of ether oxygens (including phenoxy) is 1. The highest BCUT2D eigenvalue weighted by Gasteiger charge is 2.16. The SMILES string of the molecule is COc1ccc(C(Br)=C2CC2)cc1. The minimum Gasteiger partial charge on any atom is -0.497 e. The first-order chi connectivity index (χ1) is 6.31. The van der Waals surface area contributed by atoms with Gasteiger partial charge in [0.25, 0.3) is 0 Å². The molecule has 0 unspecified atom stereocenters. The molecule has 1 aliphatic carbocycles. The van der Waals surface area contributed by atoms with Gasteiger partial charge in [-0.15, -0.1) is 0 Å². The second-order valence-corrected chi connectivity index (χ2v) is 3.94. The fraction of sp³-hybridized carbons (Fsp3) is 0.273. The van der Waals surface area contributed by atoms with Crippen molar-refractivity contribution in [1.82, 2.24) is 0 Å². The van der Waals surface area contributed by atoms with Gasteiger partial charge in [-0.1, -0.05) is 33.6 Å². The van der Waals surface area contributed by atoms with Crippen LogP contribution in [0.1, 0.15) is 18.4 Å². The van der Waals surface area contributed by atoms with Crippen LogP contribution in [0.3, 0.4) is 0 Å². The Bertz CT molecular complexity index is 332. The van der Waals surface area contributed by atoms with Gasteiger partial charge in [0.2, 0.25) is 0 Å². The van der Waals surface area contributed by atoms with E-state index in [4.69, 9.17) is 4.74 Å². The molecule has 0 aliphatic heterocycles. The molecule has 0 saturated heterocycles. The van der Waals surface area contributed by atoms with Crippen LogP contribution in [-0.4, -0.2) is 7.11 Å². The molecule has 0 radical (unpaired) electrons. The smallest absolute Gasteiger partial charge is 0.118 e. The summed E-state index contributed by atoms with van der Waals surface area (Å²) in [5.74, 6) is 0.907. The molecule has 1 nitrogen and oxygen atoms in total. The Morgan fingerprint density at radius 2 is 1.85 bits per heavy atom. The Balaban J connectivity index is 2.27. The summed E-state index contributed by atoms with van der Waals surface area (Å²) in [7, 11) is 1.68. The highest BCUT2D eigenvalue weighted by molar-refractivity contribution is 9.15. The Hall–Kier alpha value is -0.760. The lowest BCUT2D eigenvalue weighted by molar-refractivity contribution is 0.415. The van der Waals surface area contributed by atoms with Gasteiger partial charge in [-0.25, -0.2) is 0 Å². The van der Waals surface area contributed by atoms with Crippen LogP contribution in [0.4, 0.5) is 0 Å². The third-order valence-electron chi connectivity index (χ3n) is 2.15. The highest BCUT2D eigenvalue weighted by Crippen LogP contribution is 2.39. The van der Waals surface area contributed by atoms with Crippen LogP contribution in [0.15, 0.2) is 29.8 Å². The van der Waals surface area contributed by atoms with Crippen molar-refractivity contribution in [1.29, 1.82) is 0 Å². The quantitative estimate of drug-likeness (QED) is 0.766. The van der Waals surface area contributed by atoms with Crippen molar-refractivity contribution in [2.24, 2.45) is 0 Å². The molecule has 1 aromatic carbocycles. The van der Waals surface area contributed by atoms with E-state index in [0.717, 1.165) is 5.75 Å². The molecule has 1 aliphatic rings. The number of allylic oxidation sites excluding steroid dienone is 1. The van der Waals surface area contributed by atoms with Gasteiger partial charge in [-0.2, -0.15) is 0 Å².